The molecule has 0 saturated carbocycles. The smallest absolute Gasteiger partial charge is 0.411 e. The van der Waals surface area contributed by atoms with Crippen molar-refractivity contribution in [3.8, 4) is 12.1 Å². The first kappa shape index (κ1) is 23.7. The van der Waals surface area contributed by atoms with E-state index in [1.807, 2.05) is 30.3 Å². The molecule has 1 N–H and O–H groups in total. The summed E-state index contributed by atoms with van der Waals surface area (Å²) < 4.78 is 0. The topological polar surface area (TPSA) is 88.1 Å². The van der Waals surface area contributed by atoms with E-state index in [0.29, 0.717) is 12.1 Å². The van der Waals surface area contributed by atoms with Crippen molar-refractivity contribution in [3.63, 3.8) is 0 Å². The van der Waals surface area contributed by atoms with Gasteiger partial charge in [0, 0.05) is 17.6 Å². The van der Waals surface area contributed by atoms with E-state index >= 15 is 0 Å². The standard InChI is InChI=1S/C18H19BrN2.C6H9NO2/c1-18(2,3)16-14(11-21)7-8-15(17(16)19)13-6-4-5-12(9-13)10-20;8-6(9)7-4-2-1-3-5-7/h4-6,8-9,14,16-17H,7H2,1-3H3;2,4H,1,3,5H2,(H,8,9). The quantitative estimate of drug-likeness (QED) is 0.496. The predicted molar refractivity (Wildman–Crippen MR) is 122 cm³/mol. The van der Waals surface area contributed by atoms with Gasteiger partial charge in [-0.05, 0) is 53.9 Å². The zero-order valence-corrected chi connectivity index (χ0v) is 19.3. The molecule has 158 valence electrons. The summed E-state index contributed by atoms with van der Waals surface area (Å²) in [6, 6.07) is 12.3. The molecule has 1 aliphatic heterocycles. The van der Waals surface area contributed by atoms with Crippen LogP contribution in [0.25, 0.3) is 5.57 Å². The summed E-state index contributed by atoms with van der Waals surface area (Å²) in [6.45, 7) is 7.20. The summed E-state index contributed by atoms with van der Waals surface area (Å²) in [4.78, 5) is 11.7. The zero-order valence-electron chi connectivity index (χ0n) is 17.7. The van der Waals surface area contributed by atoms with Crippen LogP contribution in [0.5, 0.6) is 0 Å². The number of carbonyl (C=O) groups is 1. The highest BCUT2D eigenvalue weighted by atomic mass is 79.9. The highest BCUT2D eigenvalue weighted by Crippen LogP contribution is 2.47. The lowest BCUT2D eigenvalue weighted by Gasteiger charge is -2.41. The summed E-state index contributed by atoms with van der Waals surface area (Å²) in [6.07, 6.45) is 7.50. The van der Waals surface area contributed by atoms with Crippen LogP contribution in [0.15, 0.2) is 42.6 Å². The number of hydrogen-bond acceptors (Lipinski definition) is 3. The third-order valence-corrected chi connectivity index (χ3v) is 6.49. The molecule has 5 nitrogen and oxygen atoms in total. The second-order valence-electron chi connectivity index (χ2n) is 8.62. The van der Waals surface area contributed by atoms with E-state index in [2.05, 4.69) is 54.9 Å². The van der Waals surface area contributed by atoms with Crippen molar-refractivity contribution in [2.24, 2.45) is 17.3 Å². The first-order valence-corrected chi connectivity index (χ1v) is 11.0. The monoisotopic (exact) mass is 469 g/mol. The molecule has 1 aromatic rings. The molecule has 1 aromatic carbocycles. The molecule has 0 saturated heterocycles. The highest BCUT2D eigenvalue weighted by Gasteiger charge is 2.41. The molecule has 1 amide bonds. The summed E-state index contributed by atoms with van der Waals surface area (Å²) in [5, 5.41) is 26.9. The Bertz CT molecular complexity index is 902. The molecular formula is C24H28BrN3O2. The minimum atomic E-state index is -0.856. The lowest BCUT2D eigenvalue weighted by atomic mass is 9.66. The molecule has 3 atom stereocenters. The number of rotatable bonds is 1. The maximum atomic E-state index is 10.2. The number of nitrogens with zero attached hydrogens (tertiary/aromatic N) is 3. The Hall–Kier alpha value is -2.57. The molecule has 0 bridgehead atoms. The molecule has 1 heterocycles. The Labute approximate surface area is 187 Å². The van der Waals surface area contributed by atoms with Crippen LogP contribution >= 0.6 is 15.9 Å². The number of halogens is 1. The molecule has 30 heavy (non-hydrogen) atoms. The van der Waals surface area contributed by atoms with Gasteiger partial charge in [0.2, 0.25) is 0 Å². The van der Waals surface area contributed by atoms with E-state index in [1.165, 1.54) is 10.5 Å². The van der Waals surface area contributed by atoms with Crippen molar-refractivity contribution < 1.29 is 9.90 Å². The average molecular weight is 470 g/mol. The molecule has 1 aliphatic carbocycles. The molecule has 0 fully saturated rings. The first-order chi connectivity index (χ1) is 14.2. The Morgan fingerprint density at radius 1 is 1.30 bits per heavy atom. The van der Waals surface area contributed by atoms with E-state index in [0.717, 1.165) is 24.8 Å². The minimum Gasteiger partial charge on any atom is -0.465 e. The van der Waals surface area contributed by atoms with Crippen LogP contribution in [0.3, 0.4) is 0 Å². The van der Waals surface area contributed by atoms with E-state index in [9.17, 15) is 10.1 Å². The third kappa shape index (κ3) is 5.97. The van der Waals surface area contributed by atoms with Crippen LogP contribution in [0.1, 0.15) is 51.2 Å². The summed E-state index contributed by atoms with van der Waals surface area (Å²) in [5.74, 6) is 0.269. The first-order valence-electron chi connectivity index (χ1n) is 10.1. The minimum absolute atomic E-state index is 0.0253. The Morgan fingerprint density at radius 3 is 2.53 bits per heavy atom. The number of amides is 1. The Morgan fingerprint density at radius 2 is 2.03 bits per heavy atom. The normalized spacial score (nSPS) is 23.3. The van der Waals surface area contributed by atoms with Crippen LogP contribution < -0.4 is 0 Å². The van der Waals surface area contributed by atoms with Gasteiger partial charge in [0.1, 0.15) is 0 Å². The van der Waals surface area contributed by atoms with Gasteiger partial charge in [-0.25, -0.2) is 4.79 Å². The van der Waals surface area contributed by atoms with E-state index in [1.54, 1.807) is 6.20 Å². The van der Waals surface area contributed by atoms with Crippen molar-refractivity contribution in [2.75, 3.05) is 6.54 Å². The molecule has 3 unspecified atom stereocenters. The zero-order chi connectivity index (χ0) is 22.3. The van der Waals surface area contributed by atoms with Crippen LogP contribution in [0.4, 0.5) is 4.79 Å². The molecule has 0 spiro atoms. The van der Waals surface area contributed by atoms with E-state index < -0.39 is 6.09 Å². The average Bonchev–Trinajstić information content (AvgIpc) is 2.73. The summed E-state index contributed by atoms with van der Waals surface area (Å²) in [7, 11) is 0. The van der Waals surface area contributed by atoms with E-state index in [4.69, 9.17) is 10.4 Å². The van der Waals surface area contributed by atoms with Gasteiger partial charge in [0.15, 0.2) is 0 Å². The number of nitriles is 2. The highest BCUT2D eigenvalue weighted by molar-refractivity contribution is 9.09. The largest absolute Gasteiger partial charge is 0.465 e. The van der Waals surface area contributed by atoms with Gasteiger partial charge in [-0.1, -0.05) is 61.0 Å². The molecule has 0 aromatic heterocycles. The second kappa shape index (κ2) is 10.5. The number of carboxylic acid groups (broad SMARTS) is 1. The van der Waals surface area contributed by atoms with E-state index in [-0.39, 0.29) is 22.1 Å². The Kier molecular flexibility index (Phi) is 8.26. The fourth-order valence-corrected chi connectivity index (χ4v) is 5.56. The van der Waals surface area contributed by atoms with Gasteiger partial charge in [-0.15, -0.1) is 0 Å². The maximum Gasteiger partial charge on any atom is 0.411 e. The van der Waals surface area contributed by atoms with Crippen molar-refractivity contribution >= 4 is 27.6 Å². The maximum absolute atomic E-state index is 10.2. The van der Waals surface area contributed by atoms with Crippen molar-refractivity contribution in [3.05, 3.63) is 53.7 Å². The fourth-order valence-electron chi connectivity index (χ4n) is 3.95. The van der Waals surface area contributed by atoms with Gasteiger partial charge in [-0.2, -0.15) is 10.5 Å². The Balaban J connectivity index is 0.000000297. The van der Waals surface area contributed by atoms with Gasteiger partial charge in [0.05, 0.1) is 23.6 Å². The van der Waals surface area contributed by atoms with Crippen molar-refractivity contribution in [1.29, 1.82) is 10.5 Å². The van der Waals surface area contributed by atoms with Crippen molar-refractivity contribution in [1.82, 2.24) is 4.90 Å². The molecule has 6 heteroatoms. The molecular weight excluding hydrogens is 442 g/mol. The SMILES string of the molecule is CC(C)(C)C1C(C#N)CC=C(c2cccc(C#N)c2)C1Br.O=C(O)N1C=CCCC1. The third-order valence-electron chi connectivity index (χ3n) is 5.43. The van der Waals surface area contributed by atoms with Crippen molar-refractivity contribution in [2.45, 2.75) is 44.9 Å². The van der Waals surface area contributed by atoms with Crippen LogP contribution in [0, 0.1) is 39.9 Å². The van der Waals surface area contributed by atoms with Gasteiger partial charge >= 0.3 is 6.09 Å². The molecule has 3 rings (SSSR count). The number of benzene rings is 1. The summed E-state index contributed by atoms with van der Waals surface area (Å²) in [5.41, 5.74) is 2.98. The number of allylic oxidation sites excluding steroid dienone is 3. The molecule has 2 aliphatic rings. The van der Waals surface area contributed by atoms with Gasteiger partial charge in [0.25, 0.3) is 0 Å². The second-order valence-corrected chi connectivity index (χ2v) is 9.61. The predicted octanol–water partition coefficient (Wildman–Crippen LogP) is 6.18. The fraction of sp³-hybridized carbons (Fsp3) is 0.458. The lowest BCUT2D eigenvalue weighted by molar-refractivity contribution is 0.161. The molecule has 0 radical (unpaired) electrons. The van der Waals surface area contributed by atoms with Crippen LogP contribution in [0.2, 0.25) is 0 Å². The van der Waals surface area contributed by atoms with Gasteiger partial charge < -0.3 is 5.11 Å². The van der Waals surface area contributed by atoms with Crippen LogP contribution in [-0.4, -0.2) is 27.5 Å². The van der Waals surface area contributed by atoms with Crippen LogP contribution in [-0.2, 0) is 0 Å². The summed E-state index contributed by atoms with van der Waals surface area (Å²) >= 11 is 3.82. The number of alkyl halides is 1. The number of hydrogen-bond donors (Lipinski definition) is 1. The van der Waals surface area contributed by atoms with Gasteiger partial charge in [-0.3, -0.25) is 4.90 Å². The lowest BCUT2D eigenvalue weighted by Crippen LogP contribution is -2.37.